The molecular formula is C15H22N2O2S. The number of sulfonamides is 1. The minimum atomic E-state index is -3.46. The zero-order chi connectivity index (χ0) is 14.8. The lowest BCUT2D eigenvalue weighted by molar-refractivity contribution is 0.580. The summed E-state index contributed by atoms with van der Waals surface area (Å²) in [5, 5.41) is 0. The lowest BCUT2D eigenvalue weighted by Crippen LogP contribution is -2.26. The number of rotatable bonds is 5. The van der Waals surface area contributed by atoms with Crippen LogP contribution in [0.3, 0.4) is 0 Å². The molecule has 2 rings (SSSR count). The smallest absolute Gasteiger partial charge is 0.241 e. The number of nitrogens with two attached hydrogens (primary N) is 1. The van der Waals surface area contributed by atoms with Crippen LogP contribution in [0.4, 0.5) is 5.69 Å². The lowest BCUT2D eigenvalue weighted by Gasteiger charge is -2.13. The second kappa shape index (κ2) is 5.97. The van der Waals surface area contributed by atoms with E-state index in [4.69, 9.17) is 5.73 Å². The van der Waals surface area contributed by atoms with Crippen LogP contribution in [-0.4, -0.2) is 15.0 Å². The molecule has 4 nitrogen and oxygen atoms in total. The Labute approximate surface area is 121 Å². The number of allylic oxidation sites excluding steroid dienone is 1. The molecule has 0 spiro atoms. The van der Waals surface area contributed by atoms with Gasteiger partial charge in [-0.3, -0.25) is 0 Å². The number of nitrogen functional groups attached to an aromatic ring is 1. The highest BCUT2D eigenvalue weighted by Gasteiger charge is 2.19. The molecule has 0 unspecified atom stereocenters. The van der Waals surface area contributed by atoms with Crippen LogP contribution in [0, 0.1) is 13.8 Å². The van der Waals surface area contributed by atoms with Gasteiger partial charge in [0.1, 0.15) is 0 Å². The van der Waals surface area contributed by atoms with Gasteiger partial charge in [0, 0.05) is 12.2 Å². The molecule has 0 aromatic heterocycles. The molecule has 0 radical (unpaired) electrons. The van der Waals surface area contributed by atoms with Crippen LogP contribution >= 0.6 is 0 Å². The normalized spacial score (nSPS) is 15.4. The molecule has 5 heteroatoms. The van der Waals surface area contributed by atoms with Gasteiger partial charge in [-0.15, -0.1) is 0 Å². The van der Waals surface area contributed by atoms with Crippen molar-refractivity contribution in [1.29, 1.82) is 0 Å². The second-order valence-electron chi connectivity index (χ2n) is 5.39. The van der Waals surface area contributed by atoms with Gasteiger partial charge in [0.2, 0.25) is 10.0 Å². The van der Waals surface area contributed by atoms with Gasteiger partial charge in [-0.05, 0) is 62.8 Å². The number of aryl methyl sites for hydroxylation is 2. The van der Waals surface area contributed by atoms with E-state index >= 15 is 0 Å². The highest BCUT2D eigenvalue weighted by molar-refractivity contribution is 7.89. The average molecular weight is 294 g/mol. The van der Waals surface area contributed by atoms with Gasteiger partial charge in [-0.1, -0.05) is 11.6 Å². The summed E-state index contributed by atoms with van der Waals surface area (Å²) in [5.74, 6) is 0. The zero-order valence-electron chi connectivity index (χ0n) is 12.1. The SMILES string of the molecule is Cc1cc(N)cc(C)c1S(=O)(=O)NCCC1=CCCC1. The van der Waals surface area contributed by atoms with Crippen LogP contribution < -0.4 is 10.5 Å². The maximum absolute atomic E-state index is 12.4. The molecule has 3 N–H and O–H groups in total. The molecule has 0 fully saturated rings. The summed E-state index contributed by atoms with van der Waals surface area (Å²) in [6, 6.07) is 3.39. The zero-order valence-corrected chi connectivity index (χ0v) is 12.9. The van der Waals surface area contributed by atoms with E-state index in [0.29, 0.717) is 28.3 Å². The summed E-state index contributed by atoms with van der Waals surface area (Å²) in [4.78, 5) is 0.354. The molecule has 110 valence electrons. The monoisotopic (exact) mass is 294 g/mol. The summed E-state index contributed by atoms with van der Waals surface area (Å²) in [6.07, 6.45) is 6.43. The fourth-order valence-corrected chi connectivity index (χ4v) is 4.27. The first-order valence-electron chi connectivity index (χ1n) is 6.94. The largest absolute Gasteiger partial charge is 0.399 e. The number of hydrogen-bond donors (Lipinski definition) is 2. The van der Waals surface area contributed by atoms with Crippen molar-refractivity contribution in [2.75, 3.05) is 12.3 Å². The van der Waals surface area contributed by atoms with E-state index in [2.05, 4.69) is 10.8 Å². The highest BCUT2D eigenvalue weighted by Crippen LogP contribution is 2.23. The van der Waals surface area contributed by atoms with Crippen molar-refractivity contribution in [2.24, 2.45) is 0 Å². The first kappa shape index (κ1) is 15.1. The minimum absolute atomic E-state index is 0.354. The van der Waals surface area contributed by atoms with E-state index in [9.17, 15) is 8.42 Å². The van der Waals surface area contributed by atoms with E-state index in [1.54, 1.807) is 26.0 Å². The van der Waals surface area contributed by atoms with Crippen molar-refractivity contribution in [3.05, 3.63) is 34.9 Å². The summed E-state index contributed by atoms with van der Waals surface area (Å²) in [5.41, 5.74) is 9.06. The molecular weight excluding hydrogens is 272 g/mol. The Hall–Kier alpha value is -1.33. The molecule has 0 heterocycles. The molecule has 0 saturated carbocycles. The Bertz CT molecular complexity index is 610. The Morgan fingerprint density at radius 3 is 2.45 bits per heavy atom. The van der Waals surface area contributed by atoms with Crippen LogP contribution in [0.2, 0.25) is 0 Å². The number of nitrogens with one attached hydrogen (secondary N) is 1. The standard InChI is InChI=1S/C15H22N2O2S/c1-11-9-14(16)10-12(2)15(11)20(18,19)17-8-7-13-5-3-4-6-13/h5,9-10,17H,3-4,6-8,16H2,1-2H3. The molecule has 0 saturated heterocycles. The molecule has 0 atom stereocenters. The molecule has 1 aliphatic carbocycles. The van der Waals surface area contributed by atoms with Gasteiger partial charge in [-0.2, -0.15) is 0 Å². The molecule has 0 amide bonds. The van der Waals surface area contributed by atoms with Crippen LogP contribution in [0.5, 0.6) is 0 Å². The number of anilines is 1. The third-order valence-corrected chi connectivity index (χ3v) is 5.39. The van der Waals surface area contributed by atoms with Gasteiger partial charge in [0.25, 0.3) is 0 Å². The molecule has 0 bridgehead atoms. The van der Waals surface area contributed by atoms with Gasteiger partial charge in [-0.25, -0.2) is 13.1 Å². The third-order valence-electron chi connectivity index (χ3n) is 3.62. The van der Waals surface area contributed by atoms with Crippen molar-refractivity contribution in [2.45, 2.75) is 44.4 Å². The van der Waals surface area contributed by atoms with Crippen LogP contribution in [-0.2, 0) is 10.0 Å². The van der Waals surface area contributed by atoms with E-state index in [0.717, 1.165) is 19.3 Å². The first-order chi connectivity index (χ1) is 9.40. The Morgan fingerprint density at radius 1 is 1.25 bits per heavy atom. The van der Waals surface area contributed by atoms with E-state index < -0.39 is 10.0 Å². The van der Waals surface area contributed by atoms with E-state index in [1.165, 1.54) is 12.0 Å². The lowest BCUT2D eigenvalue weighted by atomic mass is 10.1. The molecule has 1 aliphatic rings. The predicted molar refractivity (Wildman–Crippen MR) is 82.1 cm³/mol. The van der Waals surface area contributed by atoms with Gasteiger partial charge in [0.05, 0.1) is 4.90 Å². The Kier molecular flexibility index (Phi) is 4.50. The Balaban J connectivity index is 2.10. The van der Waals surface area contributed by atoms with Crippen LogP contribution in [0.1, 0.15) is 36.8 Å². The predicted octanol–water partition coefficient (Wildman–Crippen LogP) is 2.66. The third kappa shape index (κ3) is 3.41. The molecule has 0 aliphatic heterocycles. The number of benzene rings is 1. The second-order valence-corrected chi connectivity index (χ2v) is 7.09. The highest BCUT2D eigenvalue weighted by atomic mass is 32.2. The van der Waals surface area contributed by atoms with E-state index in [1.807, 2.05) is 0 Å². The fraction of sp³-hybridized carbons (Fsp3) is 0.467. The van der Waals surface area contributed by atoms with Crippen molar-refractivity contribution >= 4 is 15.7 Å². The molecule has 1 aromatic carbocycles. The molecule has 20 heavy (non-hydrogen) atoms. The quantitative estimate of drug-likeness (QED) is 0.648. The molecule has 1 aromatic rings. The number of hydrogen-bond acceptors (Lipinski definition) is 3. The van der Waals surface area contributed by atoms with Crippen LogP contribution in [0.15, 0.2) is 28.7 Å². The van der Waals surface area contributed by atoms with E-state index in [-0.39, 0.29) is 0 Å². The summed E-state index contributed by atoms with van der Waals surface area (Å²) in [7, 11) is -3.46. The van der Waals surface area contributed by atoms with Crippen molar-refractivity contribution in [3.8, 4) is 0 Å². The van der Waals surface area contributed by atoms with Crippen molar-refractivity contribution in [3.63, 3.8) is 0 Å². The first-order valence-corrected chi connectivity index (χ1v) is 8.43. The van der Waals surface area contributed by atoms with Crippen molar-refractivity contribution < 1.29 is 8.42 Å². The Morgan fingerprint density at radius 2 is 1.90 bits per heavy atom. The van der Waals surface area contributed by atoms with Crippen LogP contribution in [0.25, 0.3) is 0 Å². The summed E-state index contributed by atoms with van der Waals surface area (Å²) >= 11 is 0. The fourth-order valence-electron chi connectivity index (χ4n) is 2.79. The van der Waals surface area contributed by atoms with Gasteiger partial charge >= 0.3 is 0 Å². The average Bonchev–Trinajstić information content (AvgIpc) is 2.79. The summed E-state index contributed by atoms with van der Waals surface area (Å²) < 4.78 is 27.5. The van der Waals surface area contributed by atoms with Gasteiger partial charge in [0.15, 0.2) is 0 Å². The van der Waals surface area contributed by atoms with Crippen molar-refractivity contribution in [1.82, 2.24) is 4.72 Å². The maximum atomic E-state index is 12.4. The maximum Gasteiger partial charge on any atom is 0.241 e. The summed E-state index contributed by atoms with van der Waals surface area (Å²) in [6.45, 7) is 4.01. The topological polar surface area (TPSA) is 72.2 Å². The minimum Gasteiger partial charge on any atom is -0.399 e. The van der Waals surface area contributed by atoms with Gasteiger partial charge < -0.3 is 5.73 Å².